The van der Waals surface area contributed by atoms with E-state index in [4.69, 9.17) is 10.8 Å². The number of nitrogens with two attached hydrogens (primary N) is 1. The fourth-order valence-electron chi connectivity index (χ4n) is 2.16. The van der Waals surface area contributed by atoms with E-state index in [1.54, 1.807) is 17.4 Å². The van der Waals surface area contributed by atoms with E-state index < -0.39 is 5.97 Å². The van der Waals surface area contributed by atoms with E-state index in [2.05, 4.69) is 10.3 Å². The number of nitrogen functional groups attached to an aromatic ring is 1. The number of rotatable bonds is 3. The third-order valence-corrected chi connectivity index (χ3v) is 4.21. The van der Waals surface area contributed by atoms with E-state index in [9.17, 15) is 4.79 Å². The average molecular weight is 275 g/mol. The third-order valence-electron chi connectivity index (χ3n) is 3.14. The highest BCUT2D eigenvalue weighted by molar-refractivity contribution is 7.15. The maximum absolute atomic E-state index is 10.9. The maximum Gasteiger partial charge on any atom is 0.335 e. The molecule has 2 aromatic rings. The SMILES string of the molecule is Nc1ccc(C(=O)O)cc1Nc1nc2c(s1)CCC2. The molecular formula is C13H13N3O2S. The topological polar surface area (TPSA) is 88.2 Å². The predicted molar refractivity (Wildman–Crippen MR) is 75.2 cm³/mol. The highest BCUT2D eigenvalue weighted by Crippen LogP contribution is 2.33. The Bertz CT molecular complexity index is 630. The first-order valence-electron chi connectivity index (χ1n) is 6.02. The minimum Gasteiger partial charge on any atom is -0.478 e. The number of nitrogens with one attached hydrogen (secondary N) is 1. The molecule has 1 aromatic carbocycles. The van der Waals surface area contributed by atoms with Crippen LogP contribution in [0.25, 0.3) is 0 Å². The lowest BCUT2D eigenvalue weighted by Crippen LogP contribution is -2.01. The zero-order valence-electron chi connectivity index (χ0n) is 10.1. The van der Waals surface area contributed by atoms with Crippen LogP contribution in [0.1, 0.15) is 27.3 Å². The summed E-state index contributed by atoms with van der Waals surface area (Å²) in [5.41, 5.74) is 8.32. The Kier molecular flexibility index (Phi) is 2.87. The number of aromatic carboxylic acids is 1. The molecule has 1 heterocycles. The van der Waals surface area contributed by atoms with Gasteiger partial charge in [-0.3, -0.25) is 0 Å². The van der Waals surface area contributed by atoms with Crippen molar-refractivity contribution < 1.29 is 9.90 Å². The van der Waals surface area contributed by atoms with Crippen LogP contribution >= 0.6 is 11.3 Å². The highest BCUT2D eigenvalue weighted by atomic mass is 32.1. The van der Waals surface area contributed by atoms with E-state index in [1.807, 2.05) is 0 Å². The number of aryl methyl sites for hydroxylation is 2. The standard InChI is InChI=1S/C13H13N3O2S/c14-8-5-4-7(12(17)18)6-10(8)16-13-15-9-2-1-3-11(9)19-13/h4-6H,1-3,14H2,(H,15,16)(H,17,18). The van der Waals surface area contributed by atoms with Gasteiger partial charge in [0.15, 0.2) is 5.13 Å². The Morgan fingerprint density at radius 3 is 3.00 bits per heavy atom. The van der Waals surface area contributed by atoms with Gasteiger partial charge in [-0.05, 0) is 37.5 Å². The van der Waals surface area contributed by atoms with Crippen LogP contribution in [0.2, 0.25) is 0 Å². The van der Waals surface area contributed by atoms with E-state index >= 15 is 0 Å². The second kappa shape index (κ2) is 4.55. The summed E-state index contributed by atoms with van der Waals surface area (Å²) in [5, 5.41) is 12.9. The summed E-state index contributed by atoms with van der Waals surface area (Å²) in [6, 6.07) is 4.61. The smallest absolute Gasteiger partial charge is 0.335 e. The molecule has 6 heteroatoms. The van der Waals surface area contributed by atoms with Crippen molar-refractivity contribution >= 4 is 33.8 Å². The average Bonchev–Trinajstić information content (AvgIpc) is 2.92. The molecule has 5 nitrogen and oxygen atoms in total. The molecule has 1 aliphatic rings. The molecule has 1 aliphatic carbocycles. The first-order chi connectivity index (χ1) is 9.13. The van der Waals surface area contributed by atoms with E-state index in [0.29, 0.717) is 11.4 Å². The number of benzene rings is 1. The number of fused-ring (bicyclic) bond motifs is 1. The number of anilines is 3. The van der Waals surface area contributed by atoms with Gasteiger partial charge in [-0.1, -0.05) is 0 Å². The molecule has 0 radical (unpaired) electrons. The van der Waals surface area contributed by atoms with Crippen molar-refractivity contribution in [1.29, 1.82) is 0 Å². The predicted octanol–water partition coefficient (Wildman–Crippen LogP) is 2.66. The van der Waals surface area contributed by atoms with Gasteiger partial charge in [0.2, 0.25) is 0 Å². The molecule has 0 unspecified atom stereocenters. The molecule has 0 bridgehead atoms. The Labute approximate surface area is 114 Å². The van der Waals surface area contributed by atoms with Crippen molar-refractivity contribution in [3.63, 3.8) is 0 Å². The van der Waals surface area contributed by atoms with Crippen LogP contribution in [0.3, 0.4) is 0 Å². The fraction of sp³-hybridized carbons (Fsp3) is 0.231. The normalized spacial score (nSPS) is 13.3. The van der Waals surface area contributed by atoms with Crippen molar-refractivity contribution in [3.8, 4) is 0 Å². The van der Waals surface area contributed by atoms with Gasteiger partial charge >= 0.3 is 5.97 Å². The molecular weight excluding hydrogens is 262 g/mol. The molecule has 0 fully saturated rings. The minimum absolute atomic E-state index is 0.209. The first kappa shape index (κ1) is 12.0. The molecule has 0 aliphatic heterocycles. The lowest BCUT2D eigenvalue weighted by molar-refractivity contribution is 0.0697. The van der Waals surface area contributed by atoms with Crippen molar-refractivity contribution in [2.45, 2.75) is 19.3 Å². The van der Waals surface area contributed by atoms with Crippen molar-refractivity contribution in [1.82, 2.24) is 4.98 Å². The zero-order valence-corrected chi connectivity index (χ0v) is 11.0. The first-order valence-corrected chi connectivity index (χ1v) is 6.83. The lowest BCUT2D eigenvalue weighted by Gasteiger charge is -2.07. The van der Waals surface area contributed by atoms with Gasteiger partial charge in [0.05, 0.1) is 22.6 Å². The van der Waals surface area contributed by atoms with E-state index in [0.717, 1.165) is 23.7 Å². The quantitative estimate of drug-likeness (QED) is 0.749. The molecule has 0 saturated heterocycles. The minimum atomic E-state index is -0.968. The van der Waals surface area contributed by atoms with Crippen molar-refractivity contribution in [3.05, 3.63) is 34.3 Å². The number of carboxylic acids is 1. The summed E-state index contributed by atoms with van der Waals surface area (Å²) in [4.78, 5) is 16.8. The van der Waals surface area contributed by atoms with Crippen LogP contribution in [0.5, 0.6) is 0 Å². The Balaban J connectivity index is 1.89. The number of hydrogen-bond acceptors (Lipinski definition) is 5. The van der Waals surface area contributed by atoms with Gasteiger partial charge in [-0.2, -0.15) is 0 Å². The zero-order chi connectivity index (χ0) is 13.4. The van der Waals surface area contributed by atoms with Crippen LogP contribution in [-0.2, 0) is 12.8 Å². The number of carbonyl (C=O) groups is 1. The van der Waals surface area contributed by atoms with Crippen LogP contribution < -0.4 is 11.1 Å². The summed E-state index contributed by atoms with van der Waals surface area (Å²) in [6.45, 7) is 0. The Hall–Kier alpha value is -2.08. The Morgan fingerprint density at radius 1 is 1.42 bits per heavy atom. The number of hydrogen-bond donors (Lipinski definition) is 3. The van der Waals surface area contributed by atoms with Crippen molar-refractivity contribution in [2.24, 2.45) is 0 Å². The number of thiazole rings is 1. The molecule has 4 N–H and O–H groups in total. The van der Waals surface area contributed by atoms with Crippen LogP contribution in [0.15, 0.2) is 18.2 Å². The molecule has 1 aromatic heterocycles. The summed E-state index contributed by atoms with van der Waals surface area (Å²) >= 11 is 1.61. The van der Waals surface area contributed by atoms with Gasteiger partial charge in [0.25, 0.3) is 0 Å². The summed E-state index contributed by atoms with van der Waals surface area (Å²) in [7, 11) is 0. The molecule has 19 heavy (non-hydrogen) atoms. The lowest BCUT2D eigenvalue weighted by atomic mass is 10.2. The fourth-order valence-corrected chi connectivity index (χ4v) is 3.22. The molecule has 98 valence electrons. The molecule has 0 saturated carbocycles. The van der Waals surface area contributed by atoms with E-state index in [-0.39, 0.29) is 5.56 Å². The second-order valence-electron chi connectivity index (χ2n) is 4.47. The Morgan fingerprint density at radius 2 is 2.26 bits per heavy atom. The third kappa shape index (κ3) is 2.26. The van der Waals surface area contributed by atoms with Gasteiger partial charge in [0.1, 0.15) is 0 Å². The van der Waals surface area contributed by atoms with Gasteiger partial charge in [0, 0.05) is 4.88 Å². The monoisotopic (exact) mass is 275 g/mol. The number of nitrogens with zero attached hydrogens (tertiary/aromatic N) is 1. The summed E-state index contributed by atoms with van der Waals surface area (Å²) < 4.78 is 0. The van der Waals surface area contributed by atoms with Gasteiger partial charge < -0.3 is 16.2 Å². The molecule has 3 rings (SSSR count). The summed E-state index contributed by atoms with van der Waals surface area (Å²) in [6.07, 6.45) is 3.28. The molecule has 0 spiro atoms. The highest BCUT2D eigenvalue weighted by Gasteiger charge is 2.17. The maximum atomic E-state index is 10.9. The largest absolute Gasteiger partial charge is 0.478 e. The molecule has 0 amide bonds. The second-order valence-corrected chi connectivity index (χ2v) is 5.56. The number of aromatic nitrogens is 1. The van der Waals surface area contributed by atoms with Gasteiger partial charge in [-0.25, -0.2) is 9.78 Å². The number of carboxylic acid groups (broad SMARTS) is 1. The van der Waals surface area contributed by atoms with Crippen LogP contribution in [0, 0.1) is 0 Å². The molecule has 0 atom stereocenters. The van der Waals surface area contributed by atoms with E-state index in [1.165, 1.54) is 23.4 Å². The van der Waals surface area contributed by atoms with Gasteiger partial charge in [-0.15, -0.1) is 11.3 Å². The van der Waals surface area contributed by atoms with Crippen LogP contribution in [0.4, 0.5) is 16.5 Å². The summed E-state index contributed by atoms with van der Waals surface area (Å²) in [5.74, 6) is -0.968. The van der Waals surface area contributed by atoms with Crippen molar-refractivity contribution in [2.75, 3.05) is 11.1 Å². The van der Waals surface area contributed by atoms with Crippen LogP contribution in [-0.4, -0.2) is 16.1 Å².